The lowest BCUT2D eigenvalue weighted by atomic mass is 9.97. The van der Waals surface area contributed by atoms with Gasteiger partial charge in [0.25, 0.3) is 0 Å². The van der Waals surface area contributed by atoms with Gasteiger partial charge in [-0.15, -0.1) is 0 Å². The molecule has 0 fully saturated rings. The Morgan fingerprint density at radius 1 is 0.630 bits per heavy atom. The Labute approximate surface area is 317 Å². The quantitative estimate of drug-likeness (QED) is 0.0395. The van der Waals surface area contributed by atoms with Gasteiger partial charge in [0.05, 0.1) is 25.8 Å². The predicted octanol–water partition coefficient (Wildman–Crippen LogP) is -4.25. The van der Waals surface area contributed by atoms with E-state index in [0.29, 0.717) is 6.42 Å². The maximum Gasteiger partial charge on any atom is 0.326 e. The minimum absolute atomic E-state index is 0.0379. The fourth-order valence-electron chi connectivity index (χ4n) is 4.53. The van der Waals surface area contributed by atoms with Gasteiger partial charge in [-0.25, -0.2) is 4.79 Å². The number of nitrogens with two attached hydrogens (primary N) is 1. The van der Waals surface area contributed by atoms with E-state index < -0.39 is 140 Å². The van der Waals surface area contributed by atoms with Gasteiger partial charge < -0.3 is 63.4 Å². The molecule has 0 radical (unpaired) electrons. The molecule has 8 atom stereocenters. The van der Waals surface area contributed by atoms with Crippen LogP contribution in [0.5, 0.6) is 0 Å². The number of nitrogens with one attached hydrogen (secondary N) is 7. The van der Waals surface area contributed by atoms with Gasteiger partial charge in [-0.1, -0.05) is 34.1 Å². The van der Waals surface area contributed by atoms with Gasteiger partial charge in [0.15, 0.2) is 0 Å². The van der Waals surface area contributed by atoms with Crippen molar-refractivity contribution < 1.29 is 63.6 Å². The second-order valence-corrected chi connectivity index (χ2v) is 13.8. The van der Waals surface area contributed by atoms with Crippen LogP contribution in [0, 0.1) is 11.8 Å². The molecule has 0 unspecified atom stereocenters. The van der Waals surface area contributed by atoms with Crippen LogP contribution in [0.25, 0.3) is 0 Å². The van der Waals surface area contributed by atoms with Gasteiger partial charge in [-0.3, -0.25) is 38.4 Å². The van der Waals surface area contributed by atoms with Crippen molar-refractivity contribution in [2.24, 2.45) is 17.6 Å². The first-order valence-electron chi connectivity index (χ1n) is 17.2. The van der Waals surface area contributed by atoms with Crippen molar-refractivity contribution in [3.63, 3.8) is 0 Å². The van der Waals surface area contributed by atoms with Crippen LogP contribution in [0.15, 0.2) is 0 Å². The standard InChI is InChI=1S/C32H56N8O13S/c1-7-16(4)25(32(52)53)40-31(51)24(15(2)3)39-30(50)21(14-42)38-28(48)19(10-11-54-6)37-27(47)18(8-9-23(44)45)36-29(49)20(13-41)35-22(43)12-34-26(46)17(5)33/h15-21,24-25,41-42H,7-14,33H2,1-6H3,(H,34,46)(H,35,43)(H,36,49)(H,37,47)(H,38,48)(H,39,50)(H,40,51)(H,44,45)(H,52,53)/t16-,17-,18-,19-,20-,21-,24-,25-/m0/s1. The fourth-order valence-corrected chi connectivity index (χ4v) is 5.01. The predicted molar refractivity (Wildman–Crippen MR) is 194 cm³/mol. The second-order valence-electron chi connectivity index (χ2n) is 12.8. The zero-order chi connectivity index (χ0) is 41.7. The third kappa shape index (κ3) is 18.0. The molecule has 0 saturated carbocycles. The van der Waals surface area contributed by atoms with Crippen molar-refractivity contribution in [2.75, 3.05) is 31.8 Å². The molecule has 0 rings (SSSR count). The van der Waals surface area contributed by atoms with Crippen LogP contribution >= 0.6 is 11.8 Å². The van der Waals surface area contributed by atoms with E-state index in [2.05, 4.69) is 37.2 Å². The topological polar surface area (TPSA) is 345 Å². The highest BCUT2D eigenvalue weighted by Gasteiger charge is 2.35. The van der Waals surface area contributed by atoms with Gasteiger partial charge in [0.2, 0.25) is 41.4 Å². The second kappa shape index (κ2) is 25.5. The average molecular weight is 793 g/mol. The molecular formula is C32H56N8O13S. The summed E-state index contributed by atoms with van der Waals surface area (Å²) in [6, 6.07) is -9.71. The van der Waals surface area contributed by atoms with Crippen molar-refractivity contribution >= 4 is 65.1 Å². The highest BCUT2D eigenvalue weighted by atomic mass is 32.2. The highest BCUT2D eigenvalue weighted by molar-refractivity contribution is 7.98. The smallest absolute Gasteiger partial charge is 0.326 e. The maximum atomic E-state index is 13.4. The lowest BCUT2D eigenvalue weighted by molar-refractivity contribution is -0.144. The number of carboxylic acids is 2. The first-order chi connectivity index (χ1) is 25.2. The lowest BCUT2D eigenvalue weighted by Gasteiger charge is -2.28. The van der Waals surface area contributed by atoms with Crippen LogP contribution in [-0.2, 0) is 43.2 Å². The Balaban J connectivity index is 5.97. The van der Waals surface area contributed by atoms with Crippen molar-refractivity contribution in [3.05, 3.63) is 0 Å². The summed E-state index contributed by atoms with van der Waals surface area (Å²) >= 11 is 1.29. The van der Waals surface area contributed by atoms with E-state index in [-0.39, 0.29) is 12.2 Å². The summed E-state index contributed by atoms with van der Waals surface area (Å²) in [5, 5.41) is 54.7. The van der Waals surface area contributed by atoms with E-state index in [4.69, 9.17) is 5.73 Å². The molecular weight excluding hydrogens is 736 g/mol. The number of aliphatic hydroxyl groups is 2. The number of carboxylic acid groups (broad SMARTS) is 2. The Hall–Kier alpha value is -4.54. The number of carbonyl (C=O) groups is 9. The number of amides is 7. The van der Waals surface area contributed by atoms with Gasteiger partial charge in [0, 0.05) is 6.42 Å². The molecule has 0 saturated heterocycles. The van der Waals surface area contributed by atoms with E-state index >= 15 is 0 Å². The number of carbonyl (C=O) groups excluding carboxylic acids is 7. The van der Waals surface area contributed by atoms with Crippen LogP contribution in [0.1, 0.15) is 60.3 Å². The molecule has 13 N–H and O–H groups in total. The fraction of sp³-hybridized carbons (Fsp3) is 0.719. The Bertz CT molecular complexity index is 1320. The molecule has 0 spiro atoms. The van der Waals surface area contributed by atoms with Gasteiger partial charge in [-0.2, -0.15) is 11.8 Å². The summed E-state index contributed by atoms with van der Waals surface area (Å²) < 4.78 is 0. The van der Waals surface area contributed by atoms with Crippen LogP contribution in [0.3, 0.4) is 0 Å². The number of aliphatic hydroxyl groups excluding tert-OH is 2. The molecule has 0 aliphatic rings. The van der Waals surface area contributed by atoms with Crippen molar-refractivity contribution in [1.82, 2.24) is 37.2 Å². The van der Waals surface area contributed by atoms with Crippen molar-refractivity contribution in [2.45, 2.75) is 103 Å². The van der Waals surface area contributed by atoms with Gasteiger partial charge in [0.1, 0.15) is 36.3 Å². The molecule has 21 nitrogen and oxygen atoms in total. The molecule has 0 aromatic rings. The Morgan fingerprint density at radius 3 is 1.54 bits per heavy atom. The van der Waals surface area contributed by atoms with Crippen LogP contribution in [0.4, 0.5) is 0 Å². The third-order valence-electron chi connectivity index (χ3n) is 8.03. The van der Waals surface area contributed by atoms with E-state index in [9.17, 15) is 63.6 Å². The Kier molecular flexibility index (Phi) is 23.3. The van der Waals surface area contributed by atoms with Crippen molar-refractivity contribution in [3.8, 4) is 0 Å². The van der Waals surface area contributed by atoms with E-state index in [1.54, 1.807) is 34.0 Å². The zero-order valence-electron chi connectivity index (χ0n) is 31.3. The van der Waals surface area contributed by atoms with Crippen LogP contribution in [-0.4, -0.2) is 148 Å². The first-order valence-corrected chi connectivity index (χ1v) is 18.6. The third-order valence-corrected chi connectivity index (χ3v) is 8.68. The molecule has 0 aliphatic heterocycles. The summed E-state index contributed by atoms with van der Waals surface area (Å²) in [5.41, 5.74) is 5.41. The normalized spacial score (nSPS) is 15.4. The molecule has 0 aromatic carbocycles. The SMILES string of the molecule is CC[C@H](C)[C@H](NC(=O)[C@@H](NC(=O)[C@H](CO)NC(=O)[C@H](CCSC)NC(=O)[C@H](CCC(=O)O)NC(=O)[C@H](CO)NC(=O)CNC(=O)[C@H](C)N)C(C)C)C(=O)O. The zero-order valence-corrected chi connectivity index (χ0v) is 32.1. The molecule has 0 aliphatic carbocycles. The molecule has 0 bridgehead atoms. The molecule has 0 aromatic heterocycles. The average Bonchev–Trinajstić information content (AvgIpc) is 3.11. The van der Waals surface area contributed by atoms with Crippen LogP contribution in [0.2, 0.25) is 0 Å². The number of hydrogen-bond donors (Lipinski definition) is 12. The largest absolute Gasteiger partial charge is 0.481 e. The molecule has 22 heteroatoms. The number of thioether (sulfide) groups is 1. The van der Waals surface area contributed by atoms with E-state index in [1.165, 1.54) is 18.7 Å². The lowest BCUT2D eigenvalue weighted by Crippen LogP contribution is -2.61. The van der Waals surface area contributed by atoms with Gasteiger partial charge >= 0.3 is 11.9 Å². The van der Waals surface area contributed by atoms with E-state index in [0.717, 1.165) is 0 Å². The number of hydrogen-bond acceptors (Lipinski definition) is 13. The minimum Gasteiger partial charge on any atom is -0.481 e. The van der Waals surface area contributed by atoms with Crippen molar-refractivity contribution in [1.29, 1.82) is 0 Å². The highest BCUT2D eigenvalue weighted by Crippen LogP contribution is 2.11. The monoisotopic (exact) mass is 792 g/mol. The maximum absolute atomic E-state index is 13.4. The van der Waals surface area contributed by atoms with Gasteiger partial charge in [-0.05, 0) is 43.6 Å². The molecule has 0 heterocycles. The number of rotatable bonds is 26. The first kappa shape index (κ1) is 49.5. The number of aliphatic carboxylic acids is 2. The Morgan fingerprint density at radius 2 is 1.09 bits per heavy atom. The molecule has 7 amide bonds. The summed E-state index contributed by atoms with van der Waals surface area (Å²) in [6.07, 6.45) is 0.995. The molecule has 308 valence electrons. The summed E-state index contributed by atoms with van der Waals surface area (Å²) in [4.78, 5) is 113. The van der Waals surface area contributed by atoms with E-state index in [1.807, 2.05) is 0 Å². The van der Waals surface area contributed by atoms with Crippen LogP contribution < -0.4 is 43.0 Å². The summed E-state index contributed by atoms with van der Waals surface area (Å²) in [5.74, 6) is -9.75. The molecule has 54 heavy (non-hydrogen) atoms. The summed E-state index contributed by atoms with van der Waals surface area (Å²) in [7, 11) is 0. The summed E-state index contributed by atoms with van der Waals surface area (Å²) in [6.45, 7) is 5.43. The minimum atomic E-state index is -1.64.